The van der Waals surface area contributed by atoms with Crippen LogP contribution < -0.4 is 19.5 Å². The number of hydrogen-bond acceptors (Lipinski definition) is 7. The van der Waals surface area contributed by atoms with Crippen LogP contribution in [0.2, 0.25) is 0 Å². The van der Waals surface area contributed by atoms with Gasteiger partial charge >= 0.3 is 6.09 Å². The van der Waals surface area contributed by atoms with E-state index in [9.17, 15) is 4.79 Å². The first-order valence-corrected chi connectivity index (χ1v) is 10.1. The average Bonchev–Trinajstić information content (AvgIpc) is 2.77. The maximum Gasteiger partial charge on any atom is 0.409 e. The predicted octanol–water partition coefficient (Wildman–Crippen LogP) is 2.14. The first-order valence-electron chi connectivity index (χ1n) is 9.73. The number of nitrogens with one attached hydrogen (secondary N) is 1. The summed E-state index contributed by atoms with van der Waals surface area (Å²) in [5, 5.41) is 3.34. The highest BCUT2D eigenvalue weighted by Gasteiger charge is 2.28. The van der Waals surface area contributed by atoms with Crippen LogP contribution >= 0.6 is 12.2 Å². The fraction of sp³-hybridized carbons (Fsp3) is 0.600. The third-order valence-electron chi connectivity index (χ3n) is 4.94. The second-order valence-electron chi connectivity index (χ2n) is 6.52. The number of carbonyl (C=O) groups is 1. The topological polar surface area (TPSA) is 72.5 Å². The molecule has 0 aliphatic carbocycles. The molecule has 1 heterocycles. The molecule has 1 fully saturated rings. The Labute approximate surface area is 178 Å². The molecular weight excluding hydrogens is 394 g/mol. The van der Waals surface area contributed by atoms with Gasteiger partial charge in [-0.2, -0.15) is 0 Å². The summed E-state index contributed by atoms with van der Waals surface area (Å²) in [4.78, 5) is 16.6. The van der Waals surface area contributed by atoms with Gasteiger partial charge in [0.15, 0.2) is 11.5 Å². The van der Waals surface area contributed by atoms with Crippen molar-refractivity contribution in [3.05, 3.63) is 17.7 Å². The molecular formula is C20H31N3O5S. The molecule has 1 aromatic carbocycles. The molecule has 0 bridgehead atoms. The van der Waals surface area contributed by atoms with Crippen molar-refractivity contribution in [2.75, 3.05) is 60.7 Å². The van der Waals surface area contributed by atoms with Crippen LogP contribution in [0.1, 0.15) is 19.4 Å². The molecule has 1 saturated heterocycles. The van der Waals surface area contributed by atoms with E-state index in [2.05, 4.69) is 10.2 Å². The van der Waals surface area contributed by atoms with Gasteiger partial charge in [-0.1, -0.05) is 12.2 Å². The van der Waals surface area contributed by atoms with E-state index in [1.807, 2.05) is 26.0 Å². The van der Waals surface area contributed by atoms with Gasteiger partial charge < -0.3 is 34.1 Å². The normalized spacial score (nSPS) is 16.2. The van der Waals surface area contributed by atoms with E-state index in [1.54, 1.807) is 26.2 Å². The summed E-state index contributed by atoms with van der Waals surface area (Å²) >= 11 is 5.78. The van der Waals surface area contributed by atoms with Crippen molar-refractivity contribution < 1.29 is 23.7 Å². The van der Waals surface area contributed by atoms with E-state index in [1.165, 1.54) is 0 Å². The lowest BCUT2D eigenvalue weighted by Gasteiger charge is -2.38. The number of methoxy groups -OCH3 is 3. The Bertz CT molecular complexity index is 686. The van der Waals surface area contributed by atoms with E-state index in [0.29, 0.717) is 48.4 Å². The first-order chi connectivity index (χ1) is 14.0. The number of nitrogens with zero attached hydrogens (tertiary/aromatic N) is 2. The second-order valence-corrected chi connectivity index (χ2v) is 6.91. The zero-order chi connectivity index (χ0) is 21.4. The van der Waals surface area contributed by atoms with Crippen molar-refractivity contribution in [2.45, 2.75) is 19.9 Å². The molecule has 162 valence electrons. The van der Waals surface area contributed by atoms with Gasteiger partial charge in [-0.15, -0.1) is 0 Å². The van der Waals surface area contributed by atoms with Crippen LogP contribution in [0, 0.1) is 0 Å². The second kappa shape index (κ2) is 11.1. The highest BCUT2D eigenvalue weighted by Crippen LogP contribution is 2.38. The van der Waals surface area contributed by atoms with Crippen molar-refractivity contribution in [2.24, 2.45) is 0 Å². The summed E-state index contributed by atoms with van der Waals surface area (Å²) in [5.41, 5.74) is 0.788. The Kier molecular flexibility index (Phi) is 8.78. The largest absolute Gasteiger partial charge is 0.493 e. The monoisotopic (exact) mass is 425 g/mol. The van der Waals surface area contributed by atoms with E-state index in [-0.39, 0.29) is 18.7 Å². The zero-order valence-electron chi connectivity index (χ0n) is 17.8. The fourth-order valence-corrected chi connectivity index (χ4v) is 3.65. The summed E-state index contributed by atoms with van der Waals surface area (Å²) in [5.74, 6) is 1.61. The maximum absolute atomic E-state index is 12.2. The fourth-order valence-electron chi connectivity index (χ4n) is 3.29. The van der Waals surface area contributed by atoms with Crippen LogP contribution in [0.4, 0.5) is 4.79 Å². The number of piperazine rings is 1. The van der Waals surface area contributed by atoms with Crippen LogP contribution in [0.25, 0.3) is 0 Å². The highest BCUT2D eigenvalue weighted by molar-refractivity contribution is 7.80. The molecule has 1 aliphatic heterocycles. The van der Waals surface area contributed by atoms with Gasteiger partial charge in [-0.3, -0.25) is 0 Å². The molecule has 2 rings (SSSR count). The number of amides is 1. The number of rotatable bonds is 8. The minimum absolute atomic E-state index is 0.0603. The molecule has 1 aromatic rings. The van der Waals surface area contributed by atoms with Gasteiger partial charge in [0, 0.05) is 38.3 Å². The van der Waals surface area contributed by atoms with Crippen LogP contribution in [0.3, 0.4) is 0 Å². The SMILES string of the molecule is CCN(CC)C(=O)OCC1CNCCN1C(=S)c1cc(OC)c(OC)c(OC)c1. The number of thiocarbonyl (C=S) groups is 1. The molecule has 0 aromatic heterocycles. The van der Waals surface area contributed by atoms with Crippen LogP contribution in [-0.4, -0.2) is 87.6 Å². The Morgan fingerprint density at radius 1 is 1.17 bits per heavy atom. The minimum atomic E-state index is -0.306. The zero-order valence-corrected chi connectivity index (χ0v) is 18.6. The lowest BCUT2D eigenvalue weighted by molar-refractivity contribution is 0.0783. The van der Waals surface area contributed by atoms with Gasteiger partial charge in [0.1, 0.15) is 11.6 Å². The summed E-state index contributed by atoms with van der Waals surface area (Å²) in [6.07, 6.45) is -0.306. The van der Waals surface area contributed by atoms with Crippen molar-refractivity contribution in [1.82, 2.24) is 15.1 Å². The molecule has 9 heteroatoms. The van der Waals surface area contributed by atoms with Gasteiger partial charge in [0.25, 0.3) is 0 Å². The molecule has 1 amide bonds. The lowest BCUT2D eigenvalue weighted by Crippen LogP contribution is -2.55. The number of carbonyl (C=O) groups excluding carboxylic acids is 1. The van der Waals surface area contributed by atoms with Crippen molar-refractivity contribution in [3.63, 3.8) is 0 Å². The molecule has 0 spiro atoms. The smallest absolute Gasteiger partial charge is 0.409 e. The maximum atomic E-state index is 12.2. The summed E-state index contributed by atoms with van der Waals surface area (Å²) in [6.45, 7) is 7.53. The van der Waals surface area contributed by atoms with Crippen LogP contribution in [-0.2, 0) is 4.74 Å². The van der Waals surface area contributed by atoms with Gasteiger partial charge in [0.05, 0.1) is 27.4 Å². The Hall–Kier alpha value is -2.26. The molecule has 29 heavy (non-hydrogen) atoms. The molecule has 0 radical (unpaired) electrons. The minimum Gasteiger partial charge on any atom is -0.493 e. The average molecular weight is 426 g/mol. The molecule has 1 N–H and O–H groups in total. The van der Waals surface area contributed by atoms with Gasteiger partial charge in [-0.05, 0) is 26.0 Å². The van der Waals surface area contributed by atoms with Crippen molar-refractivity contribution in [1.29, 1.82) is 0 Å². The van der Waals surface area contributed by atoms with E-state index in [4.69, 9.17) is 31.2 Å². The Balaban J connectivity index is 2.20. The summed E-state index contributed by atoms with van der Waals surface area (Å²) in [6, 6.07) is 3.62. The van der Waals surface area contributed by atoms with Crippen LogP contribution in [0.15, 0.2) is 12.1 Å². The molecule has 1 atom stereocenters. The van der Waals surface area contributed by atoms with Gasteiger partial charge in [-0.25, -0.2) is 4.79 Å². The highest BCUT2D eigenvalue weighted by atomic mass is 32.1. The molecule has 1 unspecified atom stereocenters. The van der Waals surface area contributed by atoms with Crippen LogP contribution in [0.5, 0.6) is 17.2 Å². The Morgan fingerprint density at radius 2 is 1.79 bits per heavy atom. The molecule has 0 saturated carbocycles. The van der Waals surface area contributed by atoms with Gasteiger partial charge in [0.2, 0.25) is 5.75 Å². The molecule has 8 nitrogen and oxygen atoms in total. The van der Waals surface area contributed by atoms with E-state index < -0.39 is 0 Å². The number of benzene rings is 1. The first kappa shape index (κ1) is 23.0. The molecule has 1 aliphatic rings. The predicted molar refractivity (Wildman–Crippen MR) is 115 cm³/mol. The third-order valence-corrected chi connectivity index (χ3v) is 5.41. The lowest BCUT2D eigenvalue weighted by atomic mass is 10.1. The van der Waals surface area contributed by atoms with Crippen molar-refractivity contribution in [3.8, 4) is 17.2 Å². The number of hydrogen-bond donors (Lipinski definition) is 1. The third kappa shape index (κ3) is 5.42. The quantitative estimate of drug-likeness (QED) is 0.635. The van der Waals surface area contributed by atoms with E-state index in [0.717, 1.165) is 12.1 Å². The summed E-state index contributed by atoms with van der Waals surface area (Å²) in [7, 11) is 4.71. The number of ether oxygens (including phenoxy) is 4. The van der Waals surface area contributed by atoms with Crippen molar-refractivity contribution >= 4 is 23.3 Å². The Morgan fingerprint density at radius 3 is 2.31 bits per heavy atom. The standard InChI is InChI=1S/C20H31N3O5S/c1-6-22(7-2)20(24)28-13-15-12-21-8-9-23(15)19(29)14-10-16(25-3)18(27-5)17(11-14)26-4/h10-11,15,21H,6-9,12-13H2,1-5H3. The summed E-state index contributed by atoms with van der Waals surface area (Å²) < 4.78 is 21.8. The van der Waals surface area contributed by atoms with E-state index >= 15 is 0 Å².